The van der Waals surface area contributed by atoms with Gasteiger partial charge in [-0.25, -0.2) is 9.97 Å². The fraction of sp³-hybridized carbons (Fsp3) is 0. The summed E-state index contributed by atoms with van der Waals surface area (Å²) in [4.78, 5) is 10.2. The zero-order valence-electron chi connectivity index (χ0n) is 32.7. The molecular weight excluding hydrogens is 725 g/mol. The third-order valence-electron chi connectivity index (χ3n) is 12.2. The van der Waals surface area contributed by atoms with E-state index in [0.717, 1.165) is 33.6 Å². The minimum Gasteiger partial charge on any atom is -0.228 e. The van der Waals surface area contributed by atoms with E-state index >= 15 is 0 Å². The first-order chi connectivity index (χ1) is 29.7. The Morgan fingerprint density at radius 1 is 0.250 bits per heavy atom. The maximum absolute atomic E-state index is 5.13. The molecule has 1 heterocycles. The van der Waals surface area contributed by atoms with Gasteiger partial charge in [-0.15, -0.1) is 0 Å². The van der Waals surface area contributed by atoms with Crippen LogP contribution in [0.2, 0.25) is 0 Å². The van der Waals surface area contributed by atoms with Crippen molar-refractivity contribution in [1.82, 2.24) is 9.97 Å². The van der Waals surface area contributed by atoms with Crippen molar-refractivity contribution in [3.63, 3.8) is 0 Å². The van der Waals surface area contributed by atoms with E-state index in [9.17, 15) is 0 Å². The van der Waals surface area contributed by atoms with E-state index < -0.39 is 0 Å². The van der Waals surface area contributed by atoms with E-state index in [4.69, 9.17) is 9.97 Å². The summed E-state index contributed by atoms with van der Waals surface area (Å²) in [5.41, 5.74) is 17.4. The molecule has 12 rings (SSSR count). The van der Waals surface area contributed by atoms with Gasteiger partial charge in [-0.1, -0.05) is 200 Å². The maximum Gasteiger partial charge on any atom is 0.160 e. The zero-order valence-corrected chi connectivity index (χ0v) is 32.7. The second kappa shape index (κ2) is 13.9. The van der Waals surface area contributed by atoms with Crippen molar-refractivity contribution in [3.8, 4) is 89.5 Å². The molecule has 0 N–H and O–H groups in total. The molecule has 0 bridgehead atoms. The number of nitrogens with zero attached hydrogens (tertiary/aromatic N) is 2. The normalized spacial score (nSPS) is 11.7. The summed E-state index contributed by atoms with van der Waals surface area (Å²) in [5.74, 6) is 0.711. The zero-order chi connectivity index (χ0) is 39.6. The summed E-state index contributed by atoms with van der Waals surface area (Å²) >= 11 is 0. The van der Waals surface area contributed by atoms with Crippen LogP contribution in [0.5, 0.6) is 0 Å². The molecule has 1 aliphatic rings. The molecule has 2 heteroatoms. The molecule has 2 nitrogen and oxygen atoms in total. The lowest BCUT2D eigenvalue weighted by atomic mass is 9.88. The van der Waals surface area contributed by atoms with Crippen molar-refractivity contribution in [3.05, 3.63) is 218 Å². The lowest BCUT2D eigenvalue weighted by molar-refractivity contribution is 1.18. The van der Waals surface area contributed by atoms with Gasteiger partial charge in [-0.3, -0.25) is 0 Å². The van der Waals surface area contributed by atoms with E-state index in [2.05, 4.69) is 200 Å². The number of hydrogen-bond acceptors (Lipinski definition) is 2. The maximum atomic E-state index is 5.13. The Kier molecular flexibility index (Phi) is 7.89. The number of hydrogen-bond donors (Lipinski definition) is 0. The first kappa shape index (κ1) is 34.1. The van der Waals surface area contributed by atoms with Crippen LogP contribution >= 0.6 is 0 Å². The second-order valence-corrected chi connectivity index (χ2v) is 15.7. The Labute approximate surface area is 348 Å². The van der Waals surface area contributed by atoms with Gasteiger partial charge in [0.15, 0.2) is 5.82 Å². The summed E-state index contributed by atoms with van der Waals surface area (Å²) in [6.07, 6.45) is 0. The fourth-order valence-corrected chi connectivity index (χ4v) is 9.25. The molecule has 0 fully saturated rings. The van der Waals surface area contributed by atoms with Crippen LogP contribution in [-0.2, 0) is 0 Å². The molecular formula is C58H36N2. The van der Waals surface area contributed by atoms with Crippen LogP contribution in [0.15, 0.2) is 218 Å². The first-order valence-electron chi connectivity index (χ1n) is 20.6. The van der Waals surface area contributed by atoms with Crippen LogP contribution in [0.3, 0.4) is 0 Å². The van der Waals surface area contributed by atoms with Crippen molar-refractivity contribution in [1.29, 1.82) is 0 Å². The van der Waals surface area contributed by atoms with Gasteiger partial charge in [0.25, 0.3) is 0 Å². The average Bonchev–Trinajstić information content (AvgIpc) is 3.65. The molecule has 10 aromatic carbocycles. The highest BCUT2D eigenvalue weighted by molar-refractivity contribution is 6.15. The van der Waals surface area contributed by atoms with E-state index in [-0.39, 0.29) is 0 Å². The first-order valence-corrected chi connectivity index (χ1v) is 20.6. The summed E-state index contributed by atoms with van der Waals surface area (Å²) in [6.45, 7) is 0. The van der Waals surface area contributed by atoms with Gasteiger partial charge in [0.05, 0.1) is 11.4 Å². The number of rotatable bonds is 6. The molecule has 1 aliphatic carbocycles. The van der Waals surface area contributed by atoms with Crippen LogP contribution < -0.4 is 0 Å². The number of fused-ring (bicyclic) bond motifs is 5. The van der Waals surface area contributed by atoms with Crippen molar-refractivity contribution in [2.45, 2.75) is 0 Å². The molecule has 0 saturated heterocycles. The standard InChI is InChI=1S/C58H36N2/c1-2-12-44(13-3-1)58-59-54(36-55(60-58)47-29-22-37-10-4-5-14-45(37)34-47)41-25-23-40(24-26-41)49-32-30-39-11-6-7-17-48(39)56(49)43-27-20-38(21-28-43)46-31-33-50-51-18-8-15-42-16-9-19-52(57(42)51)53(50)35-46/h1-36H. The third kappa shape index (κ3) is 5.73. The average molecular weight is 761 g/mol. The lowest BCUT2D eigenvalue weighted by Crippen LogP contribution is -1.96. The summed E-state index contributed by atoms with van der Waals surface area (Å²) < 4.78 is 0. The largest absolute Gasteiger partial charge is 0.228 e. The van der Waals surface area contributed by atoms with E-state index in [0.29, 0.717) is 5.82 Å². The predicted molar refractivity (Wildman–Crippen MR) is 252 cm³/mol. The van der Waals surface area contributed by atoms with Crippen LogP contribution in [0, 0.1) is 0 Å². The lowest BCUT2D eigenvalue weighted by Gasteiger charge is -2.16. The Morgan fingerprint density at radius 2 is 0.817 bits per heavy atom. The highest BCUT2D eigenvalue weighted by atomic mass is 14.9. The van der Waals surface area contributed by atoms with Crippen LogP contribution in [0.1, 0.15) is 0 Å². The Balaban J connectivity index is 0.921. The highest BCUT2D eigenvalue weighted by Gasteiger charge is 2.22. The van der Waals surface area contributed by atoms with Gasteiger partial charge in [0.1, 0.15) is 0 Å². The molecule has 0 atom stereocenters. The van der Waals surface area contributed by atoms with Crippen molar-refractivity contribution >= 4 is 32.3 Å². The van der Waals surface area contributed by atoms with Gasteiger partial charge in [0, 0.05) is 16.7 Å². The fourth-order valence-electron chi connectivity index (χ4n) is 9.25. The van der Waals surface area contributed by atoms with Gasteiger partial charge >= 0.3 is 0 Å². The minimum atomic E-state index is 0.711. The predicted octanol–water partition coefficient (Wildman–Crippen LogP) is 15.6. The molecule has 11 aromatic rings. The van der Waals surface area contributed by atoms with Crippen molar-refractivity contribution in [2.24, 2.45) is 0 Å². The number of aromatic nitrogens is 2. The highest BCUT2D eigenvalue weighted by Crippen LogP contribution is 2.48. The van der Waals surface area contributed by atoms with Crippen LogP contribution in [0.25, 0.3) is 122 Å². The summed E-state index contributed by atoms with van der Waals surface area (Å²) in [5, 5.41) is 7.51. The molecule has 0 saturated carbocycles. The molecule has 0 unspecified atom stereocenters. The minimum absolute atomic E-state index is 0.711. The van der Waals surface area contributed by atoms with Gasteiger partial charge in [-0.2, -0.15) is 0 Å². The second-order valence-electron chi connectivity index (χ2n) is 15.7. The molecule has 0 aliphatic heterocycles. The number of benzene rings is 10. The Bertz CT molecular complexity index is 3450. The topological polar surface area (TPSA) is 25.8 Å². The molecule has 278 valence electrons. The molecule has 60 heavy (non-hydrogen) atoms. The Morgan fingerprint density at radius 3 is 1.62 bits per heavy atom. The summed E-state index contributed by atoms with van der Waals surface area (Å²) in [6, 6.07) is 78.8. The molecule has 1 aromatic heterocycles. The van der Waals surface area contributed by atoms with E-state index in [1.54, 1.807) is 0 Å². The molecule has 0 amide bonds. The van der Waals surface area contributed by atoms with Gasteiger partial charge in [0.2, 0.25) is 0 Å². The third-order valence-corrected chi connectivity index (χ3v) is 12.2. The van der Waals surface area contributed by atoms with E-state index in [1.807, 2.05) is 18.2 Å². The smallest absolute Gasteiger partial charge is 0.160 e. The van der Waals surface area contributed by atoms with Crippen molar-refractivity contribution < 1.29 is 0 Å². The van der Waals surface area contributed by atoms with Crippen LogP contribution in [0.4, 0.5) is 0 Å². The van der Waals surface area contributed by atoms with Gasteiger partial charge in [-0.05, 0) is 106 Å². The molecule has 0 radical (unpaired) electrons. The monoisotopic (exact) mass is 760 g/mol. The quantitative estimate of drug-likeness (QED) is 0.169. The Hall–Kier alpha value is -7.94. The van der Waals surface area contributed by atoms with E-state index in [1.165, 1.54) is 82.4 Å². The molecule has 0 spiro atoms. The summed E-state index contributed by atoms with van der Waals surface area (Å²) in [7, 11) is 0. The van der Waals surface area contributed by atoms with Crippen molar-refractivity contribution in [2.75, 3.05) is 0 Å². The van der Waals surface area contributed by atoms with Gasteiger partial charge < -0.3 is 0 Å². The SMILES string of the molecule is c1ccc(-c2nc(-c3ccc(-c4ccc5ccccc5c4-c4ccc(-c5ccc6c(c5)-c5cccc7cccc-6c57)cc4)cc3)cc(-c3ccc4ccccc4c3)n2)cc1. The van der Waals surface area contributed by atoms with Crippen LogP contribution in [-0.4, -0.2) is 9.97 Å².